The predicted octanol–water partition coefficient (Wildman–Crippen LogP) is 3.90. The number of anilines is 1. The van der Waals surface area contributed by atoms with Crippen molar-refractivity contribution in [2.75, 3.05) is 5.32 Å². The number of pyridine rings is 1. The maximum atomic E-state index is 14.9. The van der Waals surface area contributed by atoms with E-state index in [0.717, 1.165) is 6.07 Å². The second-order valence-corrected chi connectivity index (χ2v) is 8.70. The lowest BCUT2D eigenvalue weighted by Crippen LogP contribution is -2.43. The Morgan fingerprint density at radius 3 is 2.11 bits per heavy atom. The largest absolute Gasteiger partial charge is 0.471 e. The number of carbonyl (C=O) groups excluding carboxylic acids is 1. The number of fused-ring (bicyclic) bond motifs is 1. The molecule has 10 nitrogen and oxygen atoms in total. The van der Waals surface area contributed by atoms with Crippen LogP contribution in [0.15, 0.2) is 30.3 Å². The molecule has 0 saturated heterocycles. The number of nitrogens with two attached hydrogens (primary N) is 1. The highest BCUT2D eigenvalue weighted by Crippen LogP contribution is 2.29. The van der Waals surface area contributed by atoms with Crippen LogP contribution in [0.3, 0.4) is 0 Å². The SMILES string of the molecule is CC(C)Oc1nc2cc(F)c(C(=O)Nc3cccc(C(=N)N(N)C(C)C)n3)cc2nc1OC(C)C. The summed E-state index contributed by atoms with van der Waals surface area (Å²) in [5, 5.41) is 12.0. The molecule has 2 aromatic heterocycles. The molecule has 0 unspecified atom stereocenters. The van der Waals surface area contributed by atoms with Crippen LogP contribution in [0.4, 0.5) is 10.2 Å². The standard InChI is InChI=1S/C24H30FN7O3/c1-12(2)32(27)21(26)17-8-7-9-20(28-17)31-22(33)15-10-18-19(11-16(15)25)30-24(35-14(5)6)23(29-18)34-13(3)4/h7-14,26H,27H2,1-6H3,(H,28,31,33). The minimum Gasteiger partial charge on any atom is -0.471 e. The van der Waals surface area contributed by atoms with Crippen molar-refractivity contribution in [2.24, 2.45) is 5.84 Å². The maximum absolute atomic E-state index is 14.9. The van der Waals surface area contributed by atoms with E-state index >= 15 is 0 Å². The first-order valence-electron chi connectivity index (χ1n) is 11.2. The van der Waals surface area contributed by atoms with Crippen molar-refractivity contribution in [3.63, 3.8) is 0 Å². The van der Waals surface area contributed by atoms with Gasteiger partial charge in [0.25, 0.3) is 17.7 Å². The highest BCUT2D eigenvalue weighted by molar-refractivity contribution is 6.06. The Morgan fingerprint density at radius 2 is 1.57 bits per heavy atom. The number of aromatic nitrogens is 3. The molecule has 0 spiro atoms. The molecule has 186 valence electrons. The number of benzene rings is 1. The van der Waals surface area contributed by atoms with Crippen LogP contribution in [0.25, 0.3) is 11.0 Å². The van der Waals surface area contributed by atoms with Gasteiger partial charge < -0.3 is 14.8 Å². The summed E-state index contributed by atoms with van der Waals surface area (Å²) >= 11 is 0. The fourth-order valence-corrected chi connectivity index (χ4v) is 3.03. The molecule has 1 aromatic carbocycles. The zero-order valence-electron chi connectivity index (χ0n) is 20.6. The van der Waals surface area contributed by atoms with Gasteiger partial charge >= 0.3 is 0 Å². The molecule has 0 saturated carbocycles. The average Bonchev–Trinajstić information content (AvgIpc) is 2.77. The maximum Gasteiger partial charge on any atom is 0.278 e. The highest BCUT2D eigenvalue weighted by atomic mass is 19.1. The number of rotatable bonds is 8. The second kappa shape index (κ2) is 10.6. The van der Waals surface area contributed by atoms with Crippen molar-refractivity contribution in [1.82, 2.24) is 20.0 Å². The van der Waals surface area contributed by atoms with Gasteiger partial charge in [0.1, 0.15) is 17.3 Å². The summed E-state index contributed by atoms with van der Waals surface area (Å²) in [6, 6.07) is 7.05. The lowest BCUT2D eigenvalue weighted by atomic mass is 10.1. The molecule has 3 rings (SSSR count). The van der Waals surface area contributed by atoms with E-state index < -0.39 is 11.7 Å². The van der Waals surface area contributed by atoms with Crippen LogP contribution in [0.2, 0.25) is 0 Å². The quantitative estimate of drug-likeness (QED) is 0.190. The van der Waals surface area contributed by atoms with Crippen LogP contribution < -0.4 is 20.6 Å². The molecule has 4 N–H and O–H groups in total. The van der Waals surface area contributed by atoms with Crippen molar-refractivity contribution in [3.8, 4) is 11.8 Å². The van der Waals surface area contributed by atoms with Crippen molar-refractivity contribution in [3.05, 3.63) is 47.4 Å². The Labute approximate surface area is 203 Å². The number of ether oxygens (including phenoxy) is 2. The summed E-state index contributed by atoms with van der Waals surface area (Å²) in [6.07, 6.45) is -0.389. The van der Waals surface area contributed by atoms with Crippen LogP contribution in [0, 0.1) is 11.2 Å². The lowest BCUT2D eigenvalue weighted by molar-refractivity contribution is 0.102. The second-order valence-electron chi connectivity index (χ2n) is 8.70. The van der Waals surface area contributed by atoms with E-state index in [1.54, 1.807) is 12.1 Å². The van der Waals surface area contributed by atoms with Crippen LogP contribution in [0.1, 0.15) is 57.6 Å². The van der Waals surface area contributed by atoms with Gasteiger partial charge in [0, 0.05) is 12.1 Å². The number of amides is 1. The van der Waals surface area contributed by atoms with E-state index in [9.17, 15) is 9.18 Å². The number of nitrogens with one attached hydrogen (secondary N) is 2. The van der Waals surface area contributed by atoms with Gasteiger partial charge in [0.2, 0.25) is 0 Å². The van der Waals surface area contributed by atoms with Gasteiger partial charge in [-0.25, -0.2) is 25.2 Å². The molecule has 3 aromatic rings. The molecule has 0 atom stereocenters. The van der Waals surface area contributed by atoms with Crippen molar-refractivity contribution >= 4 is 28.6 Å². The lowest BCUT2D eigenvalue weighted by Gasteiger charge is -2.23. The smallest absolute Gasteiger partial charge is 0.278 e. The molecule has 0 bridgehead atoms. The van der Waals surface area contributed by atoms with E-state index in [0.29, 0.717) is 0 Å². The first-order chi connectivity index (χ1) is 16.5. The van der Waals surface area contributed by atoms with E-state index in [-0.39, 0.29) is 64.0 Å². The van der Waals surface area contributed by atoms with Gasteiger partial charge in [0.15, 0.2) is 5.84 Å². The van der Waals surface area contributed by atoms with Crippen LogP contribution in [0.5, 0.6) is 11.8 Å². The summed E-state index contributed by atoms with van der Waals surface area (Å²) in [7, 11) is 0. The molecule has 0 aliphatic heterocycles. The molecule has 11 heteroatoms. The monoisotopic (exact) mass is 483 g/mol. The fourth-order valence-electron chi connectivity index (χ4n) is 3.03. The summed E-state index contributed by atoms with van der Waals surface area (Å²) < 4.78 is 26.3. The normalized spacial score (nSPS) is 11.3. The van der Waals surface area contributed by atoms with E-state index in [1.807, 2.05) is 41.5 Å². The number of carbonyl (C=O) groups is 1. The van der Waals surface area contributed by atoms with Crippen molar-refractivity contribution in [2.45, 2.75) is 59.8 Å². The molecular formula is C24H30FN7O3. The summed E-state index contributed by atoms with van der Waals surface area (Å²) in [5.74, 6) is 4.81. The third kappa shape index (κ3) is 6.18. The Balaban J connectivity index is 1.93. The molecule has 0 aliphatic rings. The summed E-state index contributed by atoms with van der Waals surface area (Å²) in [6.45, 7) is 11.0. The third-order valence-corrected chi connectivity index (χ3v) is 4.68. The van der Waals surface area contributed by atoms with Crippen LogP contribution in [-0.2, 0) is 0 Å². The molecule has 0 fully saturated rings. The Morgan fingerprint density at radius 1 is 1.00 bits per heavy atom. The number of amidine groups is 1. The van der Waals surface area contributed by atoms with Gasteiger partial charge in [-0.15, -0.1) is 0 Å². The van der Waals surface area contributed by atoms with Crippen LogP contribution >= 0.6 is 0 Å². The number of halogens is 1. The topological polar surface area (TPSA) is 139 Å². The average molecular weight is 484 g/mol. The highest BCUT2D eigenvalue weighted by Gasteiger charge is 2.20. The number of hydrogen-bond acceptors (Lipinski definition) is 8. The molecular weight excluding hydrogens is 453 g/mol. The molecule has 0 aliphatic carbocycles. The van der Waals surface area contributed by atoms with Crippen molar-refractivity contribution < 1.29 is 18.7 Å². The van der Waals surface area contributed by atoms with Gasteiger partial charge in [-0.2, -0.15) is 0 Å². The van der Waals surface area contributed by atoms with Gasteiger partial charge in [-0.05, 0) is 59.7 Å². The Kier molecular flexibility index (Phi) is 7.80. The van der Waals surface area contributed by atoms with E-state index in [1.165, 1.54) is 17.1 Å². The van der Waals surface area contributed by atoms with Crippen LogP contribution in [-0.4, -0.2) is 50.0 Å². The minimum atomic E-state index is -0.783. The Bertz CT molecular complexity index is 1250. The number of nitrogens with zero attached hydrogens (tertiary/aromatic N) is 4. The number of hydrazine groups is 1. The molecule has 35 heavy (non-hydrogen) atoms. The predicted molar refractivity (Wildman–Crippen MR) is 131 cm³/mol. The third-order valence-electron chi connectivity index (χ3n) is 4.68. The first kappa shape index (κ1) is 25.8. The first-order valence-corrected chi connectivity index (χ1v) is 11.2. The Hall–Kier alpha value is -3.86. The van der Waals surface area contributed by atoms with Gasteiger partial charge in [0.05, 0.1) is 28.8 Å². The summed E-state index contributed by atoms with van der Waals surface area (Å²) in [5.41, 5.74) is 0.500. The molecule has 1 amide bonds. The number of hydrogen-bond donors (Lipinski definition) is 3. The minimum absolute atomic E-state index is 0.0136. The summed E-state index contributed by atoms with van der Waals surface area (Å²) in [4.78, 5) is 25.9. The molecule has 0 radical (unpaired) electrons. The van der Waals surface area contributed by atoms with Gasteiger partial charge in [-0.1, -0.05) is 6.07 Å². The fraction of sp³-hybridized carbons (Fsp3) is 0.375. The van der Waals surface area contributed by atoms with E-state index in [4.69, 9.17) is 20.7 Å². The zero-order valence-corrected chi connectivity index (χ0v) is 20.6. The van der Waals surface area contributed by atoms with Gasteiger partial charge in [-0.3, -0.25) is 15.2 Å². The van der Waals surface area contributed by atoms with Crippen molar-refractivity contribution in [1.29, 1.82) is 5.41 Å². The zero-order chi connectivity index (χ0) is 25.9. The van der Waals surface area contributed by atoms with E-state index in [2.05, 4.69) is 20.3 Å². The molecule has 2 heterocycles.